The highest BCUT2D eigenvalue weighted by molar-refractivity contribution is 5.85. The number of aryl methyl sites for hydroxylation is 1. The molecule has 14 heavy (non-hydrogen) atoms. The number of rotatable bonds is 2. The number of carboxylic acid groups (broad SMARTS) is 1. The highest BCUT2D eigenvalue weighted by Crippen LogP contribution is 2.23. The molecule has 0 saturated heterocycles. The summed E-state index contributed by atoms with van der Waals surface area (Å²) in [5, 5.41) is 17.9. The molecule has 0 bridgehead atoms. The van der Waals surface area contributed by atoms with E-state index in [1.807, 2.05) is 13.0 Å². The van der Waals surface area contributed by atoms with Crippen LogP contribution in [0, 0.1) is 13.8 Å². The molecule has 0 atom stereocenters. The Bertz CT molecular complexity index is 392. The number of phenolic OH excluding ortho intramolecular Hbond substituents is 1. The van der Waals surface area contributed by atoms with Crippen LogP contribution in [-0.4, -0.2) is 16.2 Å². The lowest BCUT2D eigenvalue weighted by Crippen LogP contribution is -1.88. The quantitative estimate of drug-likeness (QED) is 0.705. The summed E-state index contributed by atoms with van der Waals surface area (Å²) in [6.07, 6.45) is 2.53. The molecule has 1 aromatic rings. The van der Waals surface area contributed by atoms with Crippen molar-refractivity contribution in [2.45, 2.75) is 13.8 Å². The van der Waals surface area contributed by atoms with Crippen molar-refractivity contribution in [3.8, 4) is 5.75 Å². The molecule has 0 amide bonds. The van der Waals surface area contributed by atoms with Crippen molar-refractivity contribution in [2.24, 2.45) is 0 Å². The van der Waals surface area contributed by atoms with Crippen LogP contribution < -0.4 is 0 Å². The smallest absolute Gasteiger partial charge is 0.328 e. The van der Waals surface area contributed by atoms with Gasteiger partial charge in [-0.05, 0) is 42.7 Å². The zero-order valence-corrected chi connectivity index (χ0v) is 8.11. The molecule has 0 aliphatic heterocycles. The van der Waals surface area contributed by atoms with E-state index in [4.69, 9.17) is 5.11 Å². The molecule has 0 spiro atoms. The van der Waals surface area contributed by atoms with Crippen LogP contribution in [0.5, 0.6) is 5.75 Å². The topological polar surface area (TPSA) is 57.5 Å². The molecule has 0 radical (unpaired) electrons. The fourth-order valence-electron chi connectivity index (χ4n) is 1.20. The molecule has 0 fully saturated rings. The second-order valence-electron chi connectivity index (χ2n) is 3.17. The van der Waals surface area contributed by atoms with Crippen LogP contribution in [0.15, 0.2) is 18.2 Å². The van der Waals surface area contributed by atoms with E-state index in [-0.39, 0.29) is 5.75 Å². The van der Waals surface area contributed by atoms with Gasteiger partial charge < -0.3 is 10.2 Å². The van der Waals surface area contributed by atoms with E-state index in [1.165, 1.54) is 6.08 Å². The Morgan fingerprint density at radius 3 is 2.57 bits per heavy atom. The minimum absolute atomic E-state index is 0.190. The Kier molecular flexibility index (Phi) is 2.92. The first kappa shape index (κ1) is 10.3. The van der Waals surface area contributed by atoms with Crippen LogP contribution in [0.25, 0.3) is 6.08 Å². The molecule has 1 rings (SSSR count). The summed E-state index contributed by atoms with van der Waals surface area (Å²) in [5.41, 5.74) is 2.32. The predicted molar refractivity (Wildman–Crippen MR) is 54.3 cm³/mol. The standard InChI is InChI=1S/C11H12O3/c1-7-5-9(3-4-11(13)14)8(2)10(12)6-7/h3-6,12H,1-2H3,(H,13,14)/b4-3+. The lowest BCUT2D eigenvalue weighted by atomic mass is 10.0. The van der Waals surface area contributed by atoms with Gasteiger partial charge in [0.05, 0.1) is 0 Å². The lowest BCUT2D eigenvalue weighted by molar-refractivity contribution is -0.131. The monoisotopic (exact) mass is 192 g/mol. The lowest BCUT2D eigenvalue weighted by Gasteiger charge is -2.04. The normalized spacial score (nSPS) is 10.7. The van der Waals surface area contributed by atoms with Gasteiger partial charge in [-0.1, -0.05) is 6.07 Å². The van der Waals surface area contributed by atoms with Crippen molar-refractivity contribution in [3.63, 3.8) is 0 Å². The maximum Gasteiger partial charge on any atom is 0.328 e. The van der Waals surface area contributed by atoms with Gasteiger partial charge in [-0.15, -0.1) is 0 Å². The van der Waals surface area contributed by atoms with Crippen LogP contribution in [0.2, 0.25) is 0 Å². The molecule has 2 N–H and O–H groups in total. The Hall–Kier alpha value is -1.77. The Morgan fingerprint density at radius 2 is 2.00 bits per heavy atom. The van der Waals surface area contributed by atoms with E-state index < -0.39 is 5.97 Å². The third-order valence-corrected chi connectivity index (χ3v) is 1.97. The first-order chi connectivity index (χ1) is 6.50. The summed E-state index contributed by atoms with van der Waals surface area (Å²) in [6.45, 7) is 3.59. The number of phenols is 1. The number of hydrogen-bond donors (Lipinski definition) is 2. The molecular weight excluding hydrogens is 180 g/mol. The van der Waals surface area contributed by atoms with Gasteiger partial charge in [0.15, 0.2) is 0 Å². The summed E-state index contributed by atoms with van der Waals surface area (Å²) in [4.78, 5) is 10.3. The van der Waals surface area contributed by atoms with Gasteiger partial charge >= 0.3 is 5.97 Å². The minimum atomic E-state index is -0.995. The molecule has 0 saturated carbocycles. The molecular formula is C11H12O3. The minimum Gasteiger partial charge on any atom is -0.508 e. The van der Waals surface area contributed by atoms with E-state index in [0.717, 1.165) is 17.2 Å². The first-order valence-corrected chi connectivity index (χ1v) is 4.22. The number of carboxylic acids is 1. The van der Waals surface area contributed by atoms with Crippen LogP contribution in [0.4, 0.5) is 0 Å². The van der Waals surface area contributed by atoms with Gasteiger partial charge in [0, 0.05) is 6.08 Å². The highest BCUT2D eigenvalue weighted by Gasteiger charge is 2.02. The summed E-state index contributed by atoms with van der Waals surface area (Å²) < 4.78 is 0. The fraction of sp³-hybridized carbons (Fsp3) is 0.182. The second kappa shape index (κ2) is 3.96. The largest absolute Gasteiger partial charge is 0.508 e. The van der Waals surface area contributed by atoms with Crippen molar-refractivity contribution in [1.82, 2.24) is 0 Å². The summed E-state index contributed by atoms with van der Waals surface area (Å²) in [6, 6.07) is 3.47. The number of benzene rings is 1. The number of aliphatic carboxylic acids is 1. The maximum atomic E-state index is 10.3. The van der Waals surface area contributed by atoms with E-state index in [2.05, 4.69) is 0 Å². The van der Waals surface area contributed by atoms with Gasteiger partial charge in [-0.25, -0.2) is 4.79 Å². The molecule has 74 valence electrons. The Morgan fingerprint density at radius 1 is 1.36 bits per heavy atom. The molecule has 0 aliphatic carbocycles. The average Bonchev–Trinajstić information content (AvgIpc) is 2.08. The predicted octanol–water partition coefficient (Wildman–Crippen LogP) is 2.11. The molecule has 0 aromatic heterocycles. The molecule has 0 aliphatic rings. The molecule has 1 aromatic carbocycles. The molecule has 0 unspecified atom stereocenters. The Labute approximate surface area is 82.3 Å². The van der Waals surface area contributed by atoms with Crippen molar-refractivity contribution in [1.29, 1.82) is 0 Å². The zero-order valence-electron chi connectivity index (χ0n) is 8.11. The second-order valence-corrected chi connectivity index (χ2v) is 3.17. The first-order valence-electron chi connectivity index (χ1n) is 4.22. The van der Waals surface area contributed by atoms with Crippen LogP contribution in [0.1, 0.15) is 16.7 Å². The summed E-state index contributed by atoms with van der Waals surface area (Å²) in [7, 11) is 0. The number of hydrogen-bond acceptors (Lipinski definition) is 2. The SMILES string of the molecule is Cc1cc(O)c(C)c(/C=C/C(=O)O)c1. The fourth-order valence-corrected chi connectivity index (χ4v) is 1.20. The van der Waals surface area contributed by atoms with E-state index in [0.29, 0.717) is 5.56 Å². The van der Waals surface area contributed by atoms with Gasteiger partial charge in [0.25, 0.3) is 0 Å². The van der Waals surface area contributed by atoms with E-state index in [9.17, 15) is 9.90 Å². The number of carbonyl (C=O) groups is 1. The Balaban J connectivity index is 3.14. The van der Waals surface area contributed by atoms with E-state index >= 15 is 0 Å². The third kappa shape index (κ3) is 2.36. The number of aromatic hydroxyl groups is 1. The van der Waals surface area contributed by atoms with Crippen molar-refractivity contribution in [2.75, 3.05) is 0 Å². The van der Waals surface area contributed by atoms with E-state index in [1.54, 1.807) is 13.0 Å². The molecule has 0 heterocycles. The van der Waals surface area contributed by atoms with Crippen molar-refractivity contribution < 1.29 is 15.0 Å². The molecule has 3 nitrogen and oxygen atoms in total. The van der Waals surface area contributed by atoms with Gasteiger partial charge in [0.1, 0.15) is 5.75 Å². The van der Waals surface area contributed by atoms with Gasteiger partial charge in [0.2, 0.25) is 0 Å². The molecule has 3 heteroatoms. The summed E-state index contributed by atoms with van der Waals surface area (Å²) >= 11 is 0. The summed E-state index contributed by atoms with van der Waals surface area (Å²) in [5.74, 6) is -0.805. The van der Waals surface area contributed by atoms with Gasteiger partial charge in [-0.3, -0.25) is 0 Å². The highest BCUT2D eigenvalue weighted by atomic mass is 16.4. The van der Waals surface area contributed by atoms with Crippen LogP contribution in [0.3, 0.4) is 0 Å². The van der Waals surface area contributed by atoms with Gasteiger partial charge in [-0.2, -0.15) is 0 Å². The zero-order chi connectivity index (χ0) is 10.7. The van der Waals surface area contributed by atoms with Crippen LogP contribution in [-0.2, 0) is 4.79 Å². The van der Waals surface area contributed by atoms with Crippen LogP contribution >= 0.6 is 0 Å². The van der Waals surface area contributed by atoms with Crippen molar-refractivity contribution in [3.05, 3.63) is 34.9 Å². The average molecular weight is 192 g/mol. The maximum absolute atomic E-state index is 10.3. The third-order valence-electron chi connectivity index (χ3n) is 1.97. The van der Waals surface area contributed by atoms with Crippen molar-refractivity contribution >= 4 is 12.0 Å².